The third kappa shape index (κ3) is 3.06. The van der Waals surface area contributed by atoms with E-state index in [1.165, 1.54) is 19.3 Å². The molecule has 0 amide bonds. The van der Waals surface area contributed by atoms with E-state index in [9.17, 15) is 13.2 Å². The van der Waals surface area contributed by atoms with Gasteiger partial charge in [0, 0.05) is 19.2 Å². The highest BCUT2D eigenvalue weighted by Gasteiger charge is 2.36. The summed E-state index contributed by atoms with van der Waals surface area (Å²) >= 11 is 0. The molecule has 2 aliphatic rings. The Morgan fingerprint density at radius 1 is 1.10 bits per heavy atom. The molecule has 3 rings (SSSR count). The van der Waals surface area contributed by atoms with Gasteiger partial charge in [-0.2, -0.15) is 18.2 Å². The van der Waals surface area contributed by atoms with Crippen molar-refractivity contribution in [3.8, 4) is 0 Å². The van der Waals surface area contributed by atoms with Gasteiger partial charge in [0.25, 0.3) is 0 Å². The Morgan fingerprint density at radius 3 is 2.52 bits per heavy atom. The van der Waals surface area contributed by atoms with E-state index in [-0.39, 0.29) is 5.95 Å². The number of hydrogen-bond donors (Lipinski definition) is 1. The number of aromatic nitrogens is 2. The summed E-state index contributed by atoms with van der Waals surface area (Å²) in [5.74, 6) is 1.28. The maximum absolute atomic E-state index is 12.8. The SMILES string of the molecule is Nc1nc(N2CCC3CCCCC3C2)cc(C(F)(F)F)n1. The average molecular weight is 300 g/mol. The van der Waals surface area contributed by atoms with Gasteiger partial charge in [0.15, 0.2) is 5.69 Å². The fourth-order valence-electron chi connectivity index (χ4n) is 3.57. The smallest absolute Gasteiger partial charge is 0.368 e. The Kier molecular flexibility index (Phi) is 3.67. The molecule has 2 atom stereocenters. The minimum absolute atomic E-state index is 0.304. The van der Waals surface area contributed by atoms with Gasteiger partial charge in [-0.25, -0.2) is 4.98 Å². The molecular formula is C14H19F3N4. The van der Waals surface area contributed by atoms with Crippen molar-refractivity contribution in [3.05, 3.63) is 11.8 Å². The van der Waals surface area contributed by atoms with Crippen LogP contribution < -0.4 is 10.6 Å². The van der Waals surface area contributed by atoms with Crippen molar-refractivity contribution >= 4 is 11.8 Å². The summed E-state index contributed by atoms with van der Waals surface area (Å²) < 4.78 is 38.5. The largest absolute Gasteiger partial charge is 0.433 e. The van der Waals surface area contributed by atoms with Crippen LogP contribution in [0.1, 0.15) is 37.8 Å². The second kappa shape index (κ2) is 5.35. The number of anilines is 2. The van der Waals surface area contributed by atoms with Crippen LogP contribution in [0, 0.1) is 11.8 Å². The molecule has 0 radical (unpaired) electrons. The topological polar surface area (TPSA) is 55.0 Å². The van der Waals surface area contributed by atoms with Gasteiger partial charge in [0.1, 0.15) is 5.82 Å². The summed E-state index contributed by atoms with van der Waals surface area (Å²) in [7, 11) is 0. The third-order valence-corrected chi connectivity index (χ3v) is 4.64. The fourth-order valence-corrected chi connectivity index (χ4v) is 3.57. The van der Waals surface area contributed by atoms with Crippen molar-refractivity contribution in [1.82, 2.24) is 9.97 Å². The summed E-state index contributed by atoms with van der Waals surface area (Å²) in [6.45, 7) is 1.52. The van der Waals surface area contributed by atoms with Crippen LogP contribution >= 0.6 is 0 Å². The molecule has 7 heteroatoms. The van der Waals surface area contributed by atoms with Gasteiger partial charge in [0.2, 0.25) is 5.95 Å². The third-order valence-electron chi connectivity index (χ3n) is 4.64. The number of nitrogens with zero attached hydrogens (tertiary/aromatic N) is 3. The van der Waals surface area contributed by atoms with E-state index in [4.69, 9.17) is 5.73 Å². The van der Waals surface area contributed by atoms with Gasteiger partial charge >= 0.3 is 6.18 Å². The molecule has 1 aromatic heterocycles. The zero-order valence-corrected chi connectivity index (χ0v) is 11.7. The number of rotatable bonds is 1. The molecule has 116 valence electrons. The second-order valence-corrected chi connectivity index (χ2v) is 6.01. The van der Waals surface area contributed by atoms with Gasteiger partial charge in [-0.3, -0.25) is 0 Å². The van der Waals surface area contributed by atoms with Crippen LogP contribution in [-0.2, 0) is 6.18 Å². The van der Waals surface area contributed by atoms with Gasteiger partial charge < -0.3 is 10.6 Å². The maximum Gasteiger partial charge on any atom is 0.433 e. The van der Waals surface area contributed by atoms with E-state index in [0.29, 0.717) is 11.7 Å². The Labute approximate surface area is 121 Å². The normalized spacial score (nSPS) is 26.5. The van der Waals surface area contributed by atoms with Gasteiger partial charge in [-0.15, -0.1) is 0 Å². The van der Waals surface area contributed by atoms with Gasteiger partial charge in [-0.05, 0) is 24.7 Å². The predicted molar refractivity (Wildman–Crippen MR) is 73.7 cm³/mol. The van der Waals surface area contributed by atoms with Crippen LogP contribution in [0.3, 0.4) is 0 Å². The Balaban J connectivity index is 1.82. The van der Waals surface area contributed by atoms with Crippen molar-refractivity contribution in [3.63, 3.8) is 0 Å². The van der Waals surface area contributed by atoms with Crippen molar-refractivity contribution < 1.29 is 13.2 Å². The van der Waals surface area contributed by atoms with Crippen molar-refractivity contribution in [2.24, 2.45) is 11.8 Å². The molecule has 1 aliphatic carbocycles. The molecule has 2 heterocycles. The molecule has 0 spiro atoms. The summed E-state index contributed by atoms with van der Waals surface area (Å²) in [5.41, 5.74) is 4.48. The van der Waals surface area contributed by atoms with E-state index >= 15 is 0 Å². The average Bonchev–Trinajstić information content (AvgIpc) is 2.45. The van der Waals surface area contributed by atoms with Crippen LogP contribution in [0.2, 0.25) is 0 Å². The Hall–Kier alpha value is -1.53. The lowest BCUT2D eigenvalue weighted by Gasteiger charge is -2.41. The molecule has 0 bridgehead atoms. The van der Waals surface area contributed by atoms with E-state index < -0.39 is 11.9 Å². The first-order chi connectivity index (χ1) is 9.93. The van der Waals surface area contributed by atoms with Crippen LogP contribution in [0.5, 0.6) is 0 Å². The van der Waals surface area contributed by atoms with Crippen molar-refractivity contribution in [2.75, 3.05) is 23.7 Å². The fraction of sp³-hybridized carbons (Fsp3) is 0.714. The zero-order valence-electron chi connectivity index (χ0n) is 11.7. The first-order valence-corrected chi connectivity index (χ1v) is 7.40. The summed E-state index contributed by atoms with van der Waals surface area (Å²) in [4.78, 5) is 9.23. The molecule has 1 saturated carbocycles. The summed E-state index contributed by atoms with van der Waals surface area (Å²) in [5, 5.41) is 0. The van der Waals surface area contributed by atoms with Gasteiger partial charge in [-0.1, -0.05) is 19.3 Å². The highest BCUT2D eigenvalue weighted by Crippen LogP contribution is 2.38. The number of alkyl halides is 3. The molecule has 1 aliphatic heterocycles. The zero-order chi connectivity index (χ0) is 15.0. The van der Waals surface area contributed by atoms with Gasteiger partial charge in [0.05, 0.1) is 0 Å². The van der Waals surface area contributed by atoms with Crippen LogP contribution in [-0.4, -0.2) is 23.1 Å². The lowest BCUT2D eigenvalue weighted by atomic mass is 9.75. The summed E-state index contributed by atoms with van der Waals surface area (Å²) in [6, 6.07) is 1.01. The lowest BCUT2D eigenvalue weighted by molar-refractivity contribution is -0.141. The number of piperidine rings is 1. The number of fused-ring (bicyclic) bond motifs is 1. The first-order valence-electron chi connectivity index (χ1n) is 7.40. The molecule has 0 aromatic carbocycles. The van der Waals surface area contributed by atoms with E-state index in [2.05, 4.69) is 9.97 Å². The highest BCUT2D eigenvalue weighted by atomic mass is 19.4. The van der Waals surface area contributed by atoms with Crippen molar-refractivity contribution in [2.45, 2.75) is 38.3 Å². The lowest BCUT2D eigenvalue weighted by Crippen LogP contribution is -2.42. The summed E-state index contributed by atoms with van der Waals surface area (Å²) in [6.07, 6.45) is 1.44. The molecule has 4 nitrogen and oxygen atoms in total. The van der Waals surface area contributed by atoms with Crippen molar-refractivity contribution in [1.29, 1.82) is 0 Å². The molecular weight excluding hydrogens is 281 g/mol. The maximum atomic E-state index is 12.8. The highest BCUT2D eigenvalue weighted by molar-refractivity contribution is 5.44. The minimum Gasteiger partial charge on any atom is -0.368 e. The predicted octanol–water partition coefficient (Wildman–Crippen LogP) is 3.09. The van der Waals surface area contributed by atoms with E-state index in [0.717, 1.165) is 37.9 Å². The second-order valence-electron chi connectivity index (χ2n) is 6.01. The van der Waals surface area contributed by atoms with E-state index in [1.807, 2.05) is 4.90 Å². The Morgan fingerprint density at radius 2 is 1.81 bits per heavy atom. The minimum atomic E-state index is -4.49. The molecule has 1 aromatic rings. The first kappa shape index (κ1) is 14.4. The van der Waals surface area contributed by atoms with Crippen LogP contribution in [0.25, 0.3) is 0 Å². The molecule has 2 N–H and O–H groups in total. The quantitative estimate of drug-likeness (QED) is 0.866. The molecule has 2 unspecified atom stereocenters. The molecule has 21 heavy (non-hydrogen) atoms. The molecule has 2 fully saturated rings. The van der Waals surface area contributed by atoms with Crippen LogP contribution in [0.15, 0.2) is 6.07 Å². The number of nitrogens with two attached hydrogens (primary N) is 1. The molecule has 1 saturated heterocycles. The Bertz CT molecular complexity index is 517. The van der Waals surface area contributed by atoms with E-state index in [1.54, 1.807) is 0 Å². The standard InChI is InChI=1S/C14H19F3N4/c15-14(16,17)11-7-12(20-13(18)19-11)21-6-5-9-3-1-2-4-10(9)8-21/h7,9-10H,1-6,8H2,(H2,18,19,20). The monoisotopic (exact) mass is 300 g/mol. The van der Waals surface area contributed by atoms with Crippen LogP contribution in [0.4, 0.5) is 24.9 Å². The number of halogens is 3. The number of nitrogen functional groups attached to an aromatic ring is 1. The number of hydrogen-bond acceptors (Lipinski definition) is 4.